The lowest BCUT2D eigenvalue weighted by Gasteiger charge is -2.11. The standard InChI is InChI=1S/C21H25N3OS/c1-4-24-18-12-6-5-11-17(18)22-21(24)26-14-8-13-19(25)23-20-15(2)9-7-10-16(20)3/h5-7,9-12H,4,8,13-14H2,1-3H3,(H,23,25). The number of hydrogen-bond donors (Lipinski definition) is 1. The molecule has 0 aliphatic carbocycles. The molecule has 4 nitrogen and oxygen atoms in total. The van der Waals surface area contributed by atoms with Crippen molar-refractivity contribution in [2.24, 2.45) is 0 Å². The third-order valence-electron chi connectivity index (χ3n) is 4.46. The number of aryl methyl sites for hydroxylation is 3. The van der Waals surface area contributed by atoms with Crippen molar-refractivity contribution in [1.29, 1.82) is 0 Å². The first-order valence-electron chi connectivity index (χ1n) is 9.04. The van der Waals surface area contributed by atoms with Crippen LogP contribution >= 0.6 is 11.8 Å². The normalized spacial score (nSPS) is 11.0. The highest BCUT2D eigenvalue weighted by Gasteiger charge is 2.10. The molecule has 0 aliphatic rings. The van der Waals surface area contributed by atoms with Gasteiger partial charge in [-0.25, -0.2) is 4.98 Å². The van der Waals surface area contributed by atoms with Crippen molar-refractivity contribution >= 4 is 34.4 Å². The van der Waals surface area contributed by atoms with E-state index >= 15 is 0 Å². The molecular weight excluding hydrogens is 342 g/mol. The average molecular weight is 368 g/mol. The van der Waals surface area contributed by atoms with Gasteiger partial charge in [0.05, 0.1) is 11.0 Å². The number of anilines is 1. The van der Waals surface area contributed by atoms with Crippen LogP contribution in [0.15, 0.2) is 47.6 Å². The van der Waals surface area contributed by atoms with Gasteiger partial charge in [0, 0.05) is 24.4 Å². The molecule has 0 unspecified atom stereocenters. The lowest BCUT2D eigenvalue weighted by atomic mass is 10.1. The smallest absolute Gasteiger partial charge is 0.224 e. The minimum absolute atomic E-state index is 0.0759. The summed E-state index contributed by atoms with van der Waals surface area (Å²) in [5.41, 5.74) is 5.35. The van der Waals surface area contributed by atoms with E-state index in [1.807, 2.05) is 50.2 Å². The van der Waals surface area contributed by atoms with Crippen LogP contribution in [0.2, 0.25) is 0 Å². The number of aromatic nitrogens is 2. The topological polar surface area (TPSA) is 46.9 Å². The molecule has 3 rings (SSSR count). The summed E-state index contributed by atoms with van der Waals surface area (Å²) in [6, 6.07) is 14.3. The molecule has 1 amide bonds. The fourth-order valence-electron chi connectivity index (χ4n) is 3.08. The highest BCUT2D eigenvalue weighted by Crippen LogP contribution is 2.25. The molecule has 3 aromatic rings. The molecule has 0 bridgehead atoms. The molecule has 1 heterocycles. The molecule has 0 aliphatic heterocycles. The molecule has 136 valence electrons. The number of hydrogen-bond acceptors (Lipinski definition) is 3. The molecule has 26 heavy (non-hydrogen) atoms. The summed E-state index contributed by atoms with van der Waals surface area (Å²) in [7, 11) is 0. The monoisotopic (exact) mass is 367 g/mol. The number of carbonyl (C=O) groups is 1. The number of para-hydroxylation sites is 3. The Morgan fingerprint density at radius 3 is 2.58 bits per heavy atom. The number of thioether (sulfide) groups is 1. The largest absolute Gasteiger partial charge is 0.326 e. The van der Waals surface area contributed by atoms with Crippen molar-refractivity contribution in [3.05, 3.63) is 53.6 Å². The van der Waals surface area contributed by atoms with Gasteiger partial charge < -0.3 is 9.88 Å². The summed E-state index contributed by atoms with van der Waals surface area (Å²) in [5.74, 6) is 0.954. The number of benzene rings is 2. The van der Waals surface area contributed by atoms with E-state index in [9.17, 15) is 4.79 Å². The van der Waals surface area contributed by atoms with Crippen LogP contribution < -0.4 is 5.32 Å². The summed E-state index contributed by atoms with van der Waals surface area (Å²) in [6.45, 7) is 7.08. The quantitative estimate of drug-likeness (QED) is 0.462. The second-order valence-electron chi connectivity index (χ2n) is 6.39. The molecule has 0 spiro atoms. The first-order valence-corrected chi connectivity index (χ1v) is 10.0. The maximum Gasteiger partial charge on any atom is 0.224 e. The number of fused-ring (bicyclic) bond motifs is 1. The maximum absolute atomic E-state index is 12.3. The van der Waals surface area contributed by atoms with Gasteiger partial charge in [0.25, 0.3) is 0 Å². The van der Waals surface area contributed by atoms with E-state index in [2.05, 4.69) is 22.9 Å². The van der Waals surface area contributed by atoms with E-state index in [0.717, 1.165) is 46.2 Å². The van der Waals surface area contributed by atoms with Crippen molar-refractivity contribution in [2.75, 3.05) is 11.1 Å². The lowest BCUT2D eigenvalue weighted by molar-refractivity contribution is -0.116. The predicted octanol–water partition coefficient (Wildman–Crippen LogP) is 5.18. The van der Waals surface area contributed by atoms with Crippen LogP contribution in [-0.2, 0) is 11.3 Å². The molecule has 0 fully saturated rings. The van der Waals surface area contributed by atoms with Gasteiger partial charge in [-0.15, -0.1) is 0 Å². The summed E-state index contributed by atoms with van der Waals surface area (Å²) < 4.78 is 2.23. The van der Waals surface area contributed by atoms with Gasteiger partial charge in [0.1, 0.15) is 0 Å². The fraction of sp³-hybridized carbons (Fsp3) is 0.333. The van der Waals surface area contributed by atoms with E-state index in [4.69, 9.17) is 4.98 Å². The van der Waals surface area contributed by atoms with E-state index < -0.39 is 0 Å². The maximum atomic E-state index is 12.3. The minimum atomic E-state index is 0.0759. The Morgan fingerprint density at radius 2 is 1.85 bits per heavy atom. The summed E-state index contributed by atoms with van der Waals surface area (Å²) in [6.07, 6.45) is 1.35. The van der Waals surface area contributed by atoms with Gasteiger partial charge in [-0.05, 0) is 50.5 Å². The van der Waals surface area contributed by atoms with Crippen LogP contribution in [0.3, 0.4) is 0 Å². The second-order valence-corrected chi connectivity index (χ2v) is 7.46. The van der Waals surface area contributed by atoms with Crippen LogP contribution in [0.1, 0.15) is 30.9 Å². The summed E-state index contributed by atoms with van der Waals surface area (Å²) >= 11 is 1.72. The molecule has 0 saturated carbocycles. The Kier molecular flexibility index (Phi) is 5.99. The molecule has 1 aromatic heterocycles. The van der Waals surface area contributed by atoms with E-state index in [1.54, 1.807) is 11.8 Å². The molecule has 0 saturated heterocycles. The molecule has 2 aromatic carbocycles. The summed E-state index contributed by atoms with van der Waals surface area (Å²) in [5, 5.41) is 4.08. The van der Waals surface area contributed by atoms with Gasteiger partial charge in [0.15, 0.2) is 5.16 Å². The number of amides is 1. The molecule has 0 atom stereocenters. The SMILES string of the molecule is CCn1c(SCCCC(=O)Nc2c(C)cccc2C)nc2ccccc21. The predicted molar refractivity (Wildman–Crippen MR) is 110 cm³/mol. The van der Waals surface area contributed by atoms with Crippen molar-refractivity contribution in [3.63, 3.8) is 0 Å². The number of rotatable bonds is 7. The van der Waals surface area contributed by atoms with Crippen molar-refractivity contribution in [3.8, 4) is 0 Å². The van der Waals surface area contributed by atoms with Crippen LogP contribution in [0, 0.1) is 13.8 Å². The minimum Gasteiger partial charge on any atom is -0.326 e. The van der Waals surface area contributed by atoms with Crippen molar-refractivity contribution in [1.82, 2.24) is 9.55 Å². The van der Waals surface area contributed by atoms with Crippen molar-refractivity contribution in [2.45, 2.75) is 45.3 Å². The Bertz CT molecular complexity index is 897. The molecule has 5 heteroatoms. The number of nitrogens with zero attached hydrogens (tertiary/aromatic N) is 2. The molecular formula is C21H25N3OS. The third-order valence-corrected chi connectivity index (χ3v) is 5.52. The zero-order chi connectivity index (χ0) is 18.5. The van der Waals surface area contributed by atoms with E-state index in [0.29, 0.717) is 6.42 Å². The van der Waals surface area contributed by atoms with E-state index in [1.165, 1.54) is 5.52 Å². The molecule has 1 N–H and O–H groups in total. The number of carbonyl (C=O) groups excluding carboxylic acids is 1. The number of nitrogens with one attached hydrogen (secondary N) is 1. The highest BCUT2D eigenvalue weighted by atomic mass is 32.2. The molecule has 0 radical (unpaired) electrons. The zero-order valence-electron chi connectivity index (χ0n) is 15.6. The Balaban J connectivity index is 1.54. The third kappa shape index (κ3) is 4.10. The fourth-order valence-corrected chi connectivity index (χ4v) is 4.10. The van der Waals surface area contributed by atoms with Gasteiger partial charge in [-0.2, -0.15) is 0 Å². The first-order chi connectivity index (χ1) is 12.6. The lowest BCUT2D eigenvalue weighted by Crippen LogP contribution is -2.13. The Labute approximate surface area is 159 Å². The Hall–Kier alpha value is -2.27. The van der Waals surface area contributed by atoms with Gasteiger partial charge in [-0.1, -0.05) is 42.1 Å². The van der Waals surface area contributed by atoms with Crippen LogP contribution in [0.5, 0.6) is 0 Å². The second kappa shape index (κ2) is 8.41. The van der Waals surface area contributed by atoms with Crippen LogP contribution in [0.4, 0.5) is 5.69 Å². The highest BCUT2D eigenvalue weighted by molar-refractivity contribution is 7.99. The van der Waals surface area contributed by atoms with E-state index in [-0.39, 0.29) is 5.91 Å². The first kappa shape index (κ1) is 18.5. The van der Waals surface area contributed by atoms with Gasteiger partial charge in [0.2, 0.25) is 5.91 Å². The average Bonchev–Trinajstić information content (AvgIpc) is 2.99. The van der Waals surface area contributed by atoms with Crippen molar-refractivity contribution < 1.29 is 4.79 Å². The van der Waals surface area contributed by atoms with Crippen LogP contribution in [-0.4, -0.2) is 21.2 Å². The number of imidazole rings is 1. The van der Waals surface area contributed by atoms with Gasteiger partial charge >= 0.3 is 0 Å². The zero-order valence-corrected chi connectivity index (χ0v) is 16.4. The van der Waals surface area contributed by atoms with Crippen LogP contribution in [0.25, 0.3) is 11.0 Å². The summed E-state index contributed by atoms with van der Waals surface area (Å²) in [4.78, 5) is 17.0. The Morgan fingerprint density at radius 1 is 1.12 bits per heavy atom. The van der Waals surface area contributed by atoms with Gasteiger partial charge in [-0.3, -0.25) is 4.79 Å².